The summed E-state index contributed by atoms with van der Waals surface area (Å²) in [4.78, 5) is 0. The van der Waals surface area contributed by atoms with Crippen molar-refractivity contribution >= 4 is 7.85 Å². The Balaban J connectivity index is 2.43. The van der Waals surface area contributed by atoms with E-state index in [1.165, 1.54) is 0 Å². The molecule has 0 amide bonds. The Morgan fingerprint density at radius 3 is 2.33 bits per heavy atom. The third-order valence-corrected chi connectivity index (χ3v) is 3.28. The molecule has 2 radical (unpaired) electrons. The van der Waals surface area contributed by atoms with Crippen molar-refractivity contribution in [2.45, 2.75) is 77.2 Å². The normalized spacial score (nSPS) is 32.6. The Morgan fingerprint density at radius 1 is 1.11 bits per heavy atom. The van der Waals surface area contributed by atoms with Crippen LogP contribution in [0.1, 0.15) is 52.9 Å². The smallest absolute Gasteiger partial charge is 0.112 e. The van der Waals surface area contributed by atoms with Crippen molar-refractivity contribution in [3.8, 4) is 0 Å². The Morgan fingerprint density at radius 2 is 1.72 bits per heavy atom. The minimum Gasteiger partial charge on any atom is -0.382 e. The number of rotatable bonds is 8. The molecule has 18 heavy (non-hydrogen) atoms. The van der Waals surface area contributed by atoms with Crippen molar-refractivity contribution in [2.24, 2.45) is 0 Å². The van der Waals surface area contributed by atoms with Gasteiger partial charge < -0.3 is 14.2 Å². The van der Waals surface area contributed by atoms with Gasteiger partial charge in [-0.25, -0.2) is 0 Å². The molecule has 0 bridgehead atoms. The molecule has 0 N–H and O–H groups in total. The van der Waals surface area contributed by atoms with Crippen LogP contribution in [0.4, 0.5) is 0 Å². The van der Waals surface area contributed by atoms with Crippen LogP contribution in [-0.4, -0.2) is 45.4 Å². The molecular formula is C14H27BO3. The van der Waals surface area contributed by atoms with Gasteiger partial charge in [-0.1, -0.05) is 26.7 Å². The lowest BCUT2D eigenvalue weighted by Crippen LogP contribution is -2.50. The van der Waals surface area contributed by atoms with Gasteiger partial charge in [-0.15, -0.1) is 0 Å². The summed E-state index contributed by atoms with van der Waals surface area (Å²) in [5.41, 5.74) is 0. The molecule has 0 aromatic carbocycles. The minimum absolute atomic E-state index is 0.0761. The van der Waals surface area contributed by atoms with E-state index >= 15 is 0 Å². The minimum atomic E-state index is -0.364. The number of hydrogen-bond donors (Lipinski definition) is 0. The van der Waals surface area contributed by atoms with Crippen LogP contribution >= 0.6 is 0 Å². The first-order valence-corrected chi connectivity index (χ1v) is 7.33. The molecule has 4 atom stereocenters. The topological polar surface area (TPSA) is 27.7 Å². The molecule has 0 spiro atoms. The van der Waals surface area contributed by atoms with Gasteiger partial charge in [0.1, 0.15) is 14.0 Å². The lowest BCUT2D eigenvalue weighted by atomic mass is 9.86. The first kappa shape index (κ1) is 16.0. The van der Waals surface area contributed by atoms with E-state index in [-0.39, 0.29) is 24.3 Å². The largest absolute Gasteiger partial charge is 0.382 e. The number of ether oxygens (including phenoxy) is 3. The van der Waals surface area contributed by atoms with E-state index in [9.17, 15) is 0 Å². The van der Waals surface area contributed by atoms with Crippen molar-refractivity contribution in [1.29, 1.82) is 0 Å². The summed E-state index contributed by atoms with van der Waals surface area (Å²) in [7, 11) is 6.02. The van der Waals surface area contributed by atoms with Crippen LogP contribution in [0, 0.1) is 0 Å². The monoisotopic (exact) mass is 254 g/mol. The summed E-state index contributed by atoms with van der Waals surface area (Å²) in [5, 5.41) is 0. The van der Waals surface area contributed by atoms with E-state index in [0.717, 1.165) is 45.3 Å². The van der Waals surface area contributed by atoms with Crippen LogP contribution < -0.4 is 0 Å². The molecule has 1 rings (SSSR count). The third-order valence-electron chi connectivity index (χ3n) is 3.28. The Bertz CT molecular complexity index is 213. The van der Waals surface area contributed by atoms with Crippen LogP contribution in [-0.2, 0) is 14.2 Å². The molecule has 1 heterocycles. The predicted molar refractivity (Wildman–Crippen MR) is 74.0 cm³/mol. The van der Waals surface area contributed by atoms with Crippen LogP contribution in [0.2, 0.25) is 0 Å². The second-order valence-corrected chi connectivity index (χ2v) is 5.10. The number of unbranched alkanes of at least 4 members (excludes halogenated alkanes) is 2. The third kappa shape index (κ3) is 5.29. The van der Waals surface area contributed by atoms with Gasteiger partial charge in [0.05, 0.1) is 12.2 Å². The van der Waals surface area contributed by atoms with Gasteiger partial charge in [-0.3, -0.25) is 0 Å². The fourth-order valence-corrected chi connectivity index (χ4v) is 2.18. The molecule has 4 heteroatoms. The maximum atomic E-state index is 6.02. The zero-order valence-electron chi connectivity index (χ0n) is 12.1. The van der Waals surface area contributed by atoms with Crippen LogP contribution in [0.15, 0.2) is 0 Å². The van der Waals surface area contributed by atoms with Gasteiger partial charge in [0, 0.05) is 25.6 Å². The van der Waals surface area contributed by atoms with Gasteiger partial charge in [-0.05, 0) is 19.8 Å². The van der Waals surface area contributed by atoms with Gasteiger partial charge in [-0.2, -0.15) is 0 Å². The molecule has 1 aliphatic heterocycles. The summed E-state index contributed by atoms with van der Waals surface area (Å²) in [6.45, 7) is 7.88. The molecule has 0 saturated carbocycles. The molecule has 3 nitrogen and oxygen atoms in total. The molecule has 104 valence electrons. The fourth-order valence-electron chi connectivity index (χ4n) is 2.18. The lowest BCUT2D eigenvalue weighted by molar-refractivity contribution is -0.174. The number of hydrogen-bond acceptors (Lipinski definition) is 3. The highest BCUT2D eigenvalue weighted by atomic mass is 16.6. The molecule has 0 aromatic rings. The molecule has 0 aromatic heterocycles. The lowest BCUT2D eigenvalue weighted by Gasteiger charge is -2.39. The first-order chi connectivity index (χ1) is 8.69. The van der Waals surface area contributed by atoms with Crippen LogP contribution in [0.3, 0.4) is 0 Å². The Kier molecular flexibility index (Phi) is 7.95. The van der Waals surface area contributed by atoms with E-state index < -0.39 is 0 Å². The second-order valence-electron chi connectivity index (χ2n) is 5.10. The molecule has 1 saturated heterocycles. The maximum absolute atomic E-state index is 6.02. The summed E-state index contributed by atoms with van der Waals surface area (Å²) >= 11 is 0. The average Bonchev–Trinajstić information content (AvgIpc) is 2.32. The van der Waals surface area contributed by atoms with Gasteiger partial charge in [0.15, 0.2) is 0 Å². The van der Waals surface area contributed by atoms with E-state index in [1.54, 1.807) is 0 Å². The Hall–Kier alpha value is -0.0551. The Labute approximate surface area is 113 Å². The zero-order chi connectivity index (χ0) is 13.4. The second kappa shape index (κ2) is 8.95. The van der Waals surface area contributed by atoms with Gasteiger partial charge >= 0.3 is 0 Å². The van der Waals surface area contributed by atoms with Gasteiger partial charge in [0.2, 0.25) is 0 Å². The SMILES string of the molecule is [B]C1OC(C)CC(OCCCC)C1OCCCC. The summed E-state index contributed by atoms with van der Waals surface area (Å²) < 4.78 is 17.4. The highest BCUT2D eigenvalue weighted by Gasteiger charge is 2.35. The predicted octanol–water partition coefficient (Wildman–Crippen LogP) is 2.66. The zero-order valence-corrected chi connectivity index (χ0v) is 12.1. The quantitative estimate of drug-likeness (QED) is 0.492. The molecule has 1 fully saturated rings. The van der Waals surface area contributed by atoms with Crippen molar-refractivity contribution in [1.82, 2.24) is 0 Å². The van der Waals surface area contributed by atoms with E-state index in [0.29, 0.717) is 0 Å². The van der Waals surface area contributed by atoms with Crippen molar-refractivity contribution in [3.63, 3.8) is 0 Å². The van der Waals surface area contributed by atoms with E-state index in [1.807, 2.05) is 6.92 Å². The van der Waals surface area contributed by atoms with Gasteiger partial charge in [0.25, 0.3) is 0 Å². The van der Waals surface area contributed by atoms with E-state index in [2.05, 4.69) is 13.8 Å². The average molecular weight is 254 g/mol. The molecular weight excluding hydrogens is 227 g/mol. The van der Waals surface area contributed by atoms with Crippen molar-refractivity contribution in [3.05, 3.63) is 0 Å². The maximum Gasteiger partial charge on any atom is 0.112 e. The highest BCUT2D eigenvalue weighted by Crippen LogP contribution is 2.24. The highest BCUT2D eigenvalue weighted by molar-refractivity contribution is 6.11. The molecule has 1 aliphatic rings. The van der Waals surface area contributed by atoms with Crippen molar-refractivity contribution < 1.29 is 14.2 Å². The van der Waals surface area contributed by atoms with Crippen LogP contribution in [0.5, 0.6) is 0 Å². The standard InChI is InChI=1S/C14H27BO3/c1-4-6-8-16-12-10-11(3)18-14(15)13(12)17-9-7-5-2/h11-14H,4-10H2,1-3H3. The van der Waals surface area contributed by atoms with Crippen molar-refractivity contribution in [2.75, 3.05) is 13.2 Å². The fraction of sp³-hybridized carbons (Fsp3) is 1.00. The first-order valence-electron chi connectivity index (χ1n) is 7.33. The molecule has 0 aliphatic carbocycles. The molecule has 4 unspecified atom stereocenters. The van der Waals surface area contributed by atoms with Crippen LogP contribution in [0.25, 0.3) is 0 Å². The van der Waals surface area contributed by atoms with E-state index in [4.69, 9.17) is 22.1 Å². The summed E-state index contributed by atoms with van der Waals surface area (Å²) in [5.74, 6) is 0. The summed E-state index contributed by atoms with van der Waals surface area (Å²) in [6, 6.07) is -0.364. The summed E-state index contributed by atoms with van der Waals surface area (Å²) in [6.07, 6.45) is 5.39.